The maximum Gasteiger partial charge on any atom is 0.220 e. The molecule has 6 nitrogen and oxygen atoms in total. The van der Waals surface area contributed by atoms with Gasteiger partial charge in [0.15, 0.2) is 0 Å². The lowest BCUT2D eigenvalue weighted by molar-refractivity contribution is -0.123. The summed E-state index contributed by atoms with van der Waals surface area (Å²) in [6.45, 7) is 5.47. The number of anilines is 1. The molecule has 6 heteroatoms. The average molecular weight is 387 g/mol. The van der Waals surface area contributed by atoms with Crippen LogP contribution in [0.15, 0.2) is 24.3 Å². The van der Waals surface area contributed by atoms with Gasteiger partial charge in [0.2, 0.25) is 5.91 Å². The Bertz CT molecular complexity index is 654. The van der Waals surface area contributed by atoms with Crippen LogP contribution in [0.3, 0.4) is 0 Å². The second-order valence-corrected chi connectivity index (χ2v) is 8.63. The SMILES string of the molecule is NC(=O)C1CCN(Cc2cccc(NC3CCCC3C3COCCN3)c2)CC1. The molecule has 0 aromatic heterocycles. The largest absolute Gasteiger partial charge is 0.382 e. The van der Waals surface area contributed by atoms with Crippen LogP contribution in [0, 0.1) is 11.8 Å². The fraction of sp³-hybridized carbons (Fsp3) is 0.682. The molecule has 3 aliphatic rings. The van der Waals surface area contributed by atoms with Crippen LogP contribution < -0.4 is 16.4 Å². The molecule has 3 atom stereocenters. The standard InChI is InChI=1S/C22H34N4O2/c23-22(27)17-7-10-26(11-8-17)14-16-3-1-4-18(13-16)25-20-6-2-5-19(20)21-15-28-12-9-24-21/h1,3-4,13,17,19-21,24-25H,2,5-12,14-15H2,(H2,23,27). The van der Waals surface area contributed by atoms with Crippen molar-refractivity contribution in [3.63, 3.8) is 0 Å². The number of rotatable bonds is 6. The molecule has 2 saturated heterocycles. The average Bonchev–Trinajstić information content (AvgIpc) is 3.17. The van der Waals surface area contributed by atoms with Gasteiger partial charge in [-0.25, -0.2) is 0 Å². The van der Waals surface area contributed by atoms with Gasteiger partial charge in [0.1, 0.15) is 0 Å². The number of morpholine rings is 1. The van der Waals surface area contributed by atoms with Crippen molar-refractivity contribution in [2.24, 2.45) is 17.6 Å². The molecule has 3 fully saturated rings. The van der Waals surface area contributed by atoms with Crippen LogP contribution in [-0.2, 0) is 16.1 Å². The van der Waals surface area contributed by atoms with E-state index in [1.54, 1.807) is 0 Å². The summed E-state index contributed by atoms with van der Waals surface area (Å²) in [6.07, 6.45) is 5.55. The van der Waals surface area contributed by atoms with Crippen LogP contribution in [0.2, 0.25) is 0 Å². The normalized spacial score (nSPS) is 29.6. The highest BCUT2D eigenvalue weighted by molar-refractivity contribution is 5.76. The Labute approximate surface area is 168 Å². The van der Waals surface area contributed by atoms with Gasteiger partial charge in [0.05, 0.1) is 13.2 Å². The highest BCUT2D eigenvalue weighted by Gasteiger charge is 2.34. The molecule has 1 amide bonds. The minimum atomic E-state index is -0.144. The first kappa shape index (κ1) is 19.7. The molecule has 0 spiro atoms. The third-order valence-electron chi connectivity index (χ3n) is 6.71. The molecular weight excluding hydrogens is 352 g/mol. The highest BCUT2D eigenvalue weighted by atomic mass is 16.5. The first-order valence-corrected chi connectivity index (χ1v) is 10.9. The van der Waals surface area contributed by atoms with Gasteiger partial charge in [0.25, 0.3) is 0 Å². The minimum Gasteiger partial charge on any atom is -0.382 e. The number of nitrogens with one attached hydrogen (secondary N) is 2. The molecule has 1 aliphatic carbocycles. The third-order valence-corrected chi connectivity index (χ3v) is 6.71. The summed E-state index contributed by atoms with van der Waals surface area (Å²) in [4.78, 5) is 13.8. The molecule has 1 aromatic rings. The van der Waals surface area contributed by atoms with Crippen molar-refractivity contribution in [1.82, 2.24) is 10.2 Å². The van der Waals surface area contributed by atoms with Gasteiger partial charge >= 0.3 is 0 Å². The van der Waals surface area contributed by atoms with Crippen molar-refractivity contribution < 1.29 is 9.53 Å². The lowest BCUT2D eigenvalue weighted by atomic mass is 9.93. The molecule has 0 bridgehead atoms. The Morgan fingerprint density at radius 1 is 1.25 bits per heavy atom. The number of piperidine rings is 1. The van der Waals surface area contributed by atoms with Crippen molar-refractivity contribution >= 4 is 11.6 Å². The zero-order valence-corrected chi connectivity index (χ0v) is 16.7. The summed E-state index contributed by atoms with van der Waals surface area (Å²) >= 11 is 0. The van der Waals surface area contributed by atoms with E-state index in [-0.39, 0.29) is 11.8 Å². The maximum atomic E-state index is 11.4. The number of amides is 1. The minimum absolute atomic E-state index is 0.0564. The summed E-state index contributed by atoms with van der Waals surface area (Å²) in [5, 5.41) is 7.46. The second kappa shape index (κ2) is 9.25. The highest BCUT2D eigenvalue weighted by Crippen LogP contribution is 2.32. The van der Waals surface area contributed by atoms with Crippen molar-refractivity contribution in [2.75, 3.05) is 38.2 Å². The van der Waals surface area contributed by atoms with Gasteiger partial charge in [0, 0.05) is 36.8 Å². The number of benzene rings is 1. The van der Waals surface area contributed by atoms with E-state index < -0.39 is 0 Å². The summed E-state index contributed by atoms with van der Waals surface area (Å²) in [7, 11) is 0. The summed E-state index contributed by atoms with van der Waals surface area (Å²) < 4.78 is 5.69. The van der Waals surface area contributed by atoms with Gasteiger partial charge in [-0.2, -0.15) is 0 Å². The Kier molecular flexibility index (Phi) is 6.50. The van der Waals surface area contributed by atoms with Crippen LogP contribution in [0.1, 0.15) is 37.7 Å². The lowest BCUT2D eigenvalue weighted by Gasteiger charge is -2.33. The molecule has 154 valence electrons. The third kappa shape index (κ3) is 4.85. The molecule has 1 saturated carbocycles. The van der Waals surface area contributed by atoms with Crippen LogP contribution in [-0.4, -0.2) is 55.7 Å². The van der Waals surface area contributed by atoms with Crippen LogP contribution in [0.4, 0.5) is 5.69 Å². The van der Waals surface area contributed by atoms with E-state index in [9.17, 15) is 4.79 Å². The monoisotopic (exact) mass is 386 g/mol. The van der Waals surface area contributed by atoms with Crippen LogP contribution in [0.5, 0.6) is 0 Å². The van der Waals surface area contributed by atoms with E-state index in [1.807, 2.05) is 0 Å². The van der Waals surface area contributed by atoms with E-state index in [0.29, 0.717) is 18.0 Å². The van der Waals surface area contributed by atoms with E-state index in [2.05, 4.69) is 39.8 Å². The van der Waals surface area contributed by atoms with Gasteiger partial charge < -0.3 is 21.1 Å². The first-order valence-electron chi connectivity index (χ1n) is 10.9. The number of hydrogen-bond donors (Lipinski definition) is 3. The van der Waals surface area contributed by atoms with E-state index >= 15 is 0 Å². The van der Waals surface area contributed by atoms with Crippen molar-refractivity contribution in [1.29, 1.82) is 0 Å². The van der Waals surface area contributed by atoms with E-state index in [4.69, 9.17) is 10.5 Å². The molecule has 2 aliphatic heterocycles. The van der Waals surface area contributed by atoms with Crippen molar-refractivity contribution in [2.45, 2.75) is 50.7 Å². The number of hydrogen-bond acceptors (Lipinski definition) is 5. The van der Waals surface area contributed by atoms with Crippen molar-refractivity contribution in [3.05, 3.63) is 29.8 Å². The Morgan fingerprint density at radius 3 is 2.86 bits per heavy atom. The van der Waals surface area contributed by atoms with Gasteiger partial charge in [-0.15, -0.1) is 0 Å². The van der Waals surface area contributed by atoms with Gasteiger partial charge in [-0.3, -0.25) is 9.69 Å². The molecule has 4 N–H and O–H groups in total. The fourth-order valence-corrected chi connectivity index (χ4v) is 5.12. The Hall–Kier alpha value is -1.63. The number of likely N-dealkylation sites (tertiary alicyclic amines) is 1. The number of carbonyl (C=O) groups is 1. The number of nitrogens with zero attached hydrogens (tertiary/aromatic N) is 1. The molecule has 1 aromatic carbocycles. The summed E-state index contributed by atoms with van der Waals surface area (Å²) in [5.74, 6) is 0.549. The quantitative estimate of drug-likeness (QED) is 0.696. The molecule has 3 unspecified atom stereocenters. The summed E-state index contributed by atoms with van der Waals surface area (Å²) in [5.41, 5.74) is 8.00. The van der Waals surface area contributed by atoms with Gasteiger partial charge in [-0.05, 0) is 62.4 Å². The number of nitrogens with two attached hydrogens (primary N) is 1. The van der Waals surface area contributed by atoms with Crippen LogP contribution >= 0.6 is 0 Å². The maximum absolute atomic E-state index is 11.4. The zero-order chi connectivity index (χ0) is 19.3. The number of primary amides is 1. The molecule has 28 heavy (non-hydrogen) atoms. The Balaban J connectivity index is 1.33. The topological polar surface area (TPSA) is 79.6 Å². The van der Waals surface area contributed by atoms with E-state index in [0.717, 1.165) is 52.2 Å². The smallest absolute Gasteiger partial charge is 0.220 e. The van der Waals surface area contributed by atoms with E-state index in [1.165, 1.54) is 30.5 Å². The summed E-state index contributed by atoms with van der Waals surface area (Å²) in [6, 6.07) is 9.82. The molecule has 2 heterocycles. The fourth-order valence-electron chi connectivity index (χ4n) is 5.12. The molecule has 0 radical (unpaired) electrons. The number of carbonyl (C=O) groups excluding carboxylic acids is 1. The zero-order valence-electron chi connectivity index (χ0n) is 16.7. The number of ether oxygens (including phenoxy) is 1. The van der Waals surface area contributed by atoms with Gasteiger partial charge in [-0.1, -0.05) is 18.6 Å². The molecule has 4 rings (SSSR count). The Morgan fingerprint density at radius 2 is 2.11 bits per heavy atom. The lowest BCUT2D eigenvalue weighted by Crippen LogP contribution is -2.49. The first-order chi connectivity index (χ1) is 13.7. The second-order valence-electron chi connectivity index (χ2n) is 8.63. The molecular formula is C22H34N4O2. The predicted octanol–water partition coefficient (Wildman–Crippen LogP) is 1.95. The van der Waals surface area contributed by atoms with Crippen LogP contribution in [0.25, 0.3) is 0 Å². The van der Waals surface area contributed by atoms with Crippen molar-refractivity contribution in [3.8, 4) is 0 Å². The predicted molar refractivity (Wildman–Crippen MR) is 111 cm³/mol.